The lowest BCUT2D eigenvalue weighted by Gasteiger charge is -2.19. The summed E-state index contributed by atoms with van der Waals surface area (Å²) in [5, 5.41) is 13.7. The van der Waals surface area contributed by atoms with Crippen LogP contribution in [0.5, 0.6) is 11.5 Å². The molecule has 0 saturated carbocycles. The summed E-state index contributed by atoms with van der Waals surface area (Å²) in [5.41, 5.74) is -0.458. The van der Waals surface area contributed by atoms with Crippen molar-refractivity contribution in [1.29, 1.82) is 0 Å². The van der Waals surface area contributed by atoms with E-state index in [0.29, 0.717) is 30.4 Å². The second-order valence-corrected chi connectivity index (χ2v) is 7.04. The Labute approximate surface area is 186 Å². The van der Waals surface area contributed by atoms with Gasteiger partial charge in [0.1, 0.15) is 18.8 Å². The minimum absolute atomic E-state index is 0.0959. The van der Waals surface area contributed by atoms with Gasteiger partial charge in [-0.05, 0) is 18.2 Å². The third kappa shape index (κ3) is 4.44. The Balaban J connectivity index is 1.28. The number of imide groups is 1. The third-order valence-corrected chi connectivity index (χ3v) is 4.90. The molecule has 0 unspecified atom stereocenters. The van der Waals surface area contributed by atoms with Gasteiger partial charge < -0.3 is 19.5 Å². The molecule has 0 saturated heterocycles. The molecule has 2 aromatic carbocycles. The minimum Gasteiger partial charge on any atom is -0.486 e. The zero-order valence-electron chi connectivity index (χ0n) is 17.1. The number of fused-ring (bicyclic) bond motifs is 2. The van der Waals surface area contributed by atoms with Crippen LogP contribution in [-0.4, -0.2) is 59.9 Å². The molecule has 0 radical (unpaired) electrons. The maximum Gasteiger partial charge on any atom is 0.308 e. The van der Waals surface area contributed by atoms with Crippen LogP contribution in [0.25, 0.3) is 0 Å². The number of rotatable bonds is 7. The predicted octanol–water partition coefficient (Wildman–Crippen LogP) is 1.53. The number of carbonyl (C=O) groups excluding carboxylic acids is 4. The van der Waals surface area contributed by atoms with Crippen molar-refractivity contribution in [3.8, 4) is 11.5 Å². The minimum atomic E-state index is -0.855. The first-order chi connectivity index (χ1) is 15.8. The fourth-order valence-corrected chi connectivity index (χ4v) is 3.41. The highest BCUT2D eigenvalue weighted by atomic mass is 16.6. The lowest BCUT2D eigenvalue weighted by Crippen LogP contribution is -2.32. The summed E-state index contributed by atoms with van der Waals surface area (Å²) in [4.78, 5) is 60.1. The van der Waals surface area contributed by atoms with Gasteiger partial charge in [-0.25, -0.2) is 0 Å². The maximum atomic E-state index is 12.5. The van der Waals surface area contributed by atoms with Crippen LogP contribution in [0.4, 0.5) is 11.4 Å². The molecular weight excluding hydrogens is 438 g/mol. The molecule has 0 atom stereocenters. The Kier molecular flexibility index (Phi) is 5.89. The van der Waals surface area contributed by atoms with E-state index in [2.05, 4.69) is 5.32 Å². The predicted molar refractivity (Wildman–Crippen MR) is 110 cm³/mol. The summed E-state index contributed by atoms with van der Waals surface area (Å²) in [7, 11) is 0. The van der Waals surface area contributed by atoms with Gasteiger partial charge in [0.05, 0.1) is 16.9 Å². The van der Waals surface area contributed by atoms with E-state index in [9.17, 15) is 29.3 Å². The average Bonchev–Trinajstić information content (AvgIpc) is 3.05. The first-order valence-electron chi connectivity index (χ1n) is 9.84. The molecule has 2 aliphatic rings. The third-order valence-electron chi connectivity index (χ3n) is 4.90. The summed E-state index contributed by atoms with van der Waals surface area (Å²) in [6.07, 6.45) is -0.378. The highest BCUT2D eigenvalue weighted by molar-refractivity contribution is 6.23. The van der Waals surface area contributed by atoms with Crippen LogP contribution in [0.1, 0.15) is 27.1 Å². The van der Waals surface area contributed by atoms with Gasteiger partial charge in [-0.15, -0.1) is 0 Å². The molecule has 0 bridgehead atoms. The van der Waals surface area contributed by atoms with Gasteiger partial charge in [-0.2, -0.15) is 0 Å². The summed E-state index contributed by atoms with van der Waals surface area (Å²) >= 11 is 0. The molecule has 2 aromatic rings. The quantitative estimate of drug-likeness (QED) is 0.283. The fourth-order valence-electron chi connectivity index (χ4n) is 3.41. The molecule has 12 nitrogen and oxygen atoms in total. The molecule has 0 aromatic heterocycles. The van der Waals surface area contributed by atoms with Crippen molar-refractivity contribution in [2.24, 2.45) is 0 Å². The van der Waals surface area contributed by atoms with Crippen molar-refractivity contribution in [1.82, 2.24) is 4.90 Å². The van der Waals surface area contributed by atoms with Crippen LogP contribution in [0.2, 0.25) is 0 Å². The second-order valence-electron chi connectivity index (χ2n) is 7.04. The first kappa shape index (κ1) is 21.7. The van der Waals surface area contributed by atoms with Gasteiger partial charge >= 0.3 is 5.97 Å². The number of ether oxygens (including phenoxy) is 3. The van der Waals surface area contributed by atoms with Crippen LogP contribution in [-0.2, 0) is 14.3 Å². The summed E-state index contributed by atoms with van der Waals surface area (Å²) in [5.74, 6) is -1.97. The van der Waals surface area contributed by atoms with Crippen LogP contribution in [0.3, 0.4) is 0 Å². The fraction of sp³-hybridized carbons (Fsp3) is 0.238. The summed E-state index contributed by atoms with van der Waals surface area (Å²) in [6, 6.07) is 8.57. The smallest absolute Gasteiger partial charge is 0.308 e. The van der Waals surface area contributed by atoms with Gasteiger partial charge in [-0.1, -0.05) is 6.07 Å². The number of esters is 1. The lowest BCUT2D eigenvalue weighted by molar-refractivity contribution is -0.385. The van der Waals surface area contributed by atoms with E-state index < -0.39 is 40.9 Å². The normalized spacial score (nSPS) is 14.0. The molecule has 2 heterocycles. The van der Waals surface area contributed by atoms with E-state index in [1.165, 1.54) is 12.1 Å². The highest BCUT2D eigenvalue weighted by Gasteiger charge is 2.40. The van der Waals surface area contributed by atoms with Crippen LogP contribution in [0.15, 0.2) is 36.4 Å². The number of hydrogen-bond acceptors (Lipinski definition) is 9. The van der Waals surface area contributed by atoms with Crippen molar-refractivity contribution >= 4 is 35.1 Å². The molecule has 1 N–H and O–H groups in total. The first-order valence-corrected chi connectivity index (χ1v) is 9.84. The molecule has 2 aliphatic heterocycles. The van der Waals surface area contributed by atoms with E-state index in [1.807, 2.05) is 0 Å². The zero-order chi connectivity index (χ0) is 23.5. The van der Waals surface area contributed by atoms with E-state index in [0.717, 1.165) is 11.0 Å². The Morgan fingerprint density at radius 3 is 2.61 bits per heavy atom. The molecule has 3 amide bonds. The monoisotopic (exact) mass is 455 g/mol. The van der Waals surface area contributed by atoms with Crippen molar-refractivity contribution in [3.05, 3.63) is 57.6 Å². The molecule has 0 aliphatic carbocycles. The number of nitro benzene ring substituents is 1. The number of carbonyl (C=O) groups is 4. The average molecular weight is 455 g/mol. The molecule has 12 heteroatoms. The molecule has 33 heavy (non-hydrogen) atoms. The molecule has 0 spiro atoms. The molecule has 170 valence electrons. The van der Waals surface area contributed by atoms with Crippen LogP contribution in [0, 0.1) is 10.1 Å². The number of amides is 3. The Morgan fingerprint density at radius 1 is 1.09 bits per heavy atom. The lowest BCUT2D eigenvalue weighted by atomic mass is 10.1. The van der Waals surface area contributed by atoms with Gasteiger partial charge in [0, 0.05) is 24.4 Å². The van der Waals surface area contributed by atoms with Gasteiger partial charge in [-0.3, -0.25) is 34.2 Å². The van der Waals surface area contributed by atoms with Crippen LogP contribution >= 0.6 is 0 Å². The van der Waals surface area contributed by atoms with Crippen molar-refractivity contribution in [3.63, 3.8) is 0 Å². The maximum absolute atomic E-state index is 12.5. The Morgan fingerprint density at radius 2 is 1.85 bits per heavy atom. The van der Waals surface area contributed by atoms with Gasteiger partial charge in [0.2, 0.25) is 0 Å². The SMILES string of the molecule is O=C(COC(=O)CCN1C(=O)c2cccc([N+](=O)[O-])c2C1=O)Nc1ccc2c(c1)OCCO2. The van der Waals surface area contributed by atoms with E-state index in [-0.39, 0.29) is 24.1 Å². The number of nitrogens with zero attached hydrogens (tertiary/aromatic N) is 2. The highest BCUT2D eigenvalue weighted by Crippen LogP contribution is 2.33. The van der Waals surface area contributed by atoms with Gasteiger partial charge in [0.15, 0.2) is 18.1 Å². The van der Waals surface area contributed by atoms with E-state index >= 15 is 0 Å². The molecular formula is C21H17N3O9. The van der Waals surface area contributed by atoms with E-state index in [1.54, 1.807) is 18.2 Å². The number of nitro groups is 1. The largest absolute Gasteiger partial charge is 0.486 e. The Bertz CT molecular complexity index is 1180. The van der Waals surface area contributed by atoms with Gasteiger partial charge in [0.25, 0.3) is 23.4 Å². The number of hydrogen-bond donors (Lipinski definition) is 1. The zero-order valence-corrected chi connectivity index (χ0v) is 17.1. The Hall–Kier alpha value is -4.48. The summed E-state index contributed by atoms with van der Waals surface area (Å²) < 4.78 is 15.7. The summed E-state index contributed by atoms with van der Waals surface area (Å²) in [6.45, 7) is -0.0955. The second kappa shape index (κ2) is 8.94. The topological polar surface area (TPSA) is 154 Å². The number of anilines is 1. The molecule has 4 rings (SSSR count). The number of nitrogens with one attached hydrogen (secondary N) is 1. The standard InChI is InChI=1S/C21H17N3O9/c25-17(22-12-4-5-15-16(10-12)32-9-8-31-15)11-33-18(26)6-7-23-20(27)13-2-1-3-14(24(29)30)19(13)21(23)28/h1-5,10H,6-9,11H2,(H,22,25). The molecule has 0 fully saturated rings. The van der Waals surface area contributed by atoms with Crippen molar-refractivity contribution < 1.29 is 38.3 Å². The van der Waals surface area contributed by atoms with Crippen molar-refractivity contribution in [2.75, 3.05) is 31.7 Å². The van der Waals surface area contributed by atoms with Crippen molar-refractivity contribution in [2.45, 2.75) is 6.42 Å². The number of benzene rings is 2. The van der Waals surface area contributed by atoms with Crippen LogP contribution < -0.4 is 14.8 Å². The van der Waals surface area contributed by atoms with E-state index in [4.69, 9.17) is 14.2 Å².